The maximum absolute atomic E-state index is 14.2. The minimum atomic E-state index is -0.293. The zero-order valence-electron chi connectivity index (χ0n) is 16.3. The molecule has 4 nitrogen and oxygen atoms in total. The number of aliphatic hydroxyl groups excluding tert-OH is 1. The van der Waals surface area contributed by atoms with Crippen LogP contribution in [0, 0.1) is 11.7 Å². The van der Waals surface area contributed by atoms with Crippen molar-refractivity contribution < 1.29 is 9.50 Å². The maximum Gasteiger partial charge on any atom is 0.151 e. The molecule has 0 saturated heterocycles. The molecule has 0 aliphatic carbocycles. The van der Waals surface area contributed by atoms with E-state index >= 15 is 0 Å². The number of imidazole rings is 1. The van der Waals surface area contributed by atoms with Crippen molar-refractivity contribution in [3.63, 3.8) is 0 Å². The maximum atomic E-state index is 14.2. The van der Waals surface area contributed by atoms with Gasteiger partial charge in [-0.05, 0) is 30.5 Å². The summed E-state index contributed by atoms with van der Waals surface area (Å²) < 4.78 is 16.3. The molecule has 1 N–H and O–H groups in total. The zero-order valence-corrected chi connectivity index (χ0v) is 16.3. The van der Waals surface area contributed by atoms with Gasteiger partial charge in [0.1, 0.15) is 11.3 Å². The number of rotatable bonds is 8. The molecule has 27 heavy (non-hydrogen) atoms. The summed E-state index contributed by atoms with van der Waals surface area (Å²) in [6, 6.07) is 15.3. The van der Waals surface area contributed by atoms with Crippen LogP contribution < -0.4 is 0 Å². The Hall–Kier alpha value is -2.24. The highest BCUT2D eigenvalue weighted by atomic mass is 19.1. The number of nitrogens with zero attached hydrogens (tertiary/aromatic N) is 3. The monoisotopic (exact) mass is 369 g/mol. The van der Waals surface area contributed by atoms with Crippen LogP contribution in [0.1, 0.15) is 32.2 Å². The van der Waals surface area contributed by atoms with Crippen LogP contribution in [0.15, 0.2) is 48.5 Å². The van der Waals surface area contributed by atoms with Crippen molar-refractivity contribution in [2.24, 2.45) is 5.92 Å². The van der Waals surface area contributed by atoms with E-state index in [1.165, 1.54) is 11.6 Å². The Morgan fingerprint density at radius 2 is 1.81 bits per heavy atom. The largest absolute Gasteiger partial charge is 0.395 e. The van der Waals surface area contributed by atoms with E-state index in [2.05, 4.69) is 40.4 Å². The topological polar surface area (TPSA) is 41.3 Å². The fourth-order valence-corrected chi connectivity index (χ4v) is 3.67. The molecule has 2 aromatic carbocycles. The number of hydrogen-bond donors (Lipinski definition) is 1. The number of para-hydroxylation sites is 1. The molecule has 0 radical (unpaired) electrons. The molecule has 0 bridgehead atoms. The lowest BCUT2D eigenvalue weighted by Crippen LogP contribution is -2.41. The zero-order chi connectivity index (χ0) is 19.4. The lowest BCUT2D eigenvalue weighted by atomic mass is 10.0. The molecule has 0 saturated carbocycles. The van der Waals surface area contributed by atoms with E-state index < -0.39 is 0 Å². The van der Waals surface area contributed by atoms with Crippen LogP contribution in [0.3, 0.4) is 0 Å². The van der Waals surface area contributed by atoms with Gasteiger partial charge in [0.05, 0.1) is 18.7 Å². The number of aliphatic hydroxyl groups is 1. The Balaban J connectivity index is 1.98. The Morgan fingerprint density at radius 1 is 1.07 bits per heavy atom. The Bertz CT molecular complexity index is 876. The highest BCUT2D eigenvalue weighted by Crippen LogP contribution is 2.23. The predicted octanol–water partition coefficient (Wildman–Crippen LogP) is 4.21. The molecule has 1 atom stereocenters. The van der Waals surface area contributed by atoms with Gasteiger partial charge in [-0.15, -0.1) is 0 Å². The number of aromatic nitrogens is 2. The molecule has 1 heterocycles. The van der Waals surface area contributed by atoms with E-state index in [0.717, 1.165) is 17.9 Å². The van der Waals surface area contributed by atoms with Gasteiger partial charge in [0.25, 0.3) is 0 Å². The normalized spacial score (nSPS) is 13.0. The summed E-state index contributed by atoms with van der Waals surface area (Å²) in [5.74, 6) is 0.820. The summed E-state index contributed by atoms with van der Waals surface area (Å²) >= 11 is 0. The van der Waals surface area contributed by atoms with Gasteiger partial charge in [-0.3, -0.25) is 4.90 Å². The van der Waals surface area contributed by atoms with Crippen LogP contribution >= 0.6 is 0 Å². The summed E-state index contributed by atoms with van der Waals surface area (Å²) in [5.41, 5.74) is 2.42. The van der Waals surface area contributed by atoms with Crippen LogP contribution in [-0.2, 0) is 19.6 Å². The van der Waals surface area contributed by atoms with E-state index in [1.54, 1.807) is 6.07 Å². The second-order valence-electron chi connectivity index (χ2n) is 7.26. The van der Waals surface area contributed by atoms with Gasteiger partial charge in [-0.25, -0.2) is 9.37 Å². The molecule has 3 rings (SSSR count). The molecule has 3 aromatic rings. The number of benzene rings is 2. The van der Waals surface area contributed by atoms with Crippen molar-refractivity contribution in [2.75, 3.05) is 6.61 Å². The highest BCUT2D eigenvalue weighted by molar-refractivity contribution is 5.76. The SMILES string of the molecule is CCn1c(CN(Cc2ccccc2)C(CO)C(C)C)nc2c(F)cccc21. The van der Waals surface area contributed by atoms with E-state index in [9.17, 15) is 9.50 Å². The molecule has 0 amide bonds. The molecular formula is C22H28FN3O. The summed E-state index contributed by atoms with van der Waals surface area (Å²) in [5, 5.41) is 10.0. The first-order chi connectivity index (χ1) is 13.0. The summed E-state index contributed by atoms with van der Waals surface area (Å²) in [6.45, 7) is 8.33. The number of hydrogen-bond acceptors (Lipinski definition) is 3. The molecule has 1 unspecified atom stereocenters. The molecular weight excluding hydrogens is 341 g/mol. The summed E-state index contributed by atoms with van der Waals surface area (Å²) in [4.78, 5) is 6.85. The quantitative estimate of drug-likeness (QED) is 0.646. The first kappa shape index (κ1) is 19.5. The number of fused-ring (bicyclic) bond motifs is 1. The van der Waals surface area contributed by atoms with Crippen LogP contribution in [0.25, 0.3) is 11.0 Å². The van der Waals surface area contributed by atoms with E-state index in [0.29, 0.717) is 18.6 Å². The molecule has 0 fully saturated rings. The molecule has 0 aliphatic heterocycles. The van der Waals surface area contributed by atoms with Crippen LogP contribution in [-0.4, -0.2) is 32.2 Å². The van der Waals surface area contributed by atoms with Crippen molar-refractivity contribution >= 4 is 11.0 Å². The van der Waals surface area contributed by atoms with Gasteiger partial charge in [0.2, 0.25) is 0 Å². The molecule has 1 aromatic heterocycles. The van der Waals surface area contributed by atoms with Crippen molar-refractivity contribution in [1.82, 2.24) is 14.5 Å². The van der Waals surface area contributed by atoms with E-state index in [4.69, 9.17) is 0 Å². The fraction of sp³-hybridized carbons (Fsp3) is 0.409. The second-order valence-corrected chi connectivity index (χ2v) is 7.26. The van der Waals surface area contributed by atoms with Gasteiger partial charge < -0.3 is 9.67 Å². The van der Waals surface area contributed by atoms with E-state index in [-0.39, 0.29) is 24.4 Å². The average molecular weight is 369 g/mol. The highest BCUT2D eigenvalue weighted by Gasteiger charge is 2.24. The van der Waals surface area contributed by atoms with E-state index in [1.807, 2.05) is 31.2 Å². The first-order valence-electron chi connectivity index (χ1n) is 9.57. The summed E-state index contributed by atoms with van der Waals surface area (Å²) in [7, 11) is 0. The molecule has 0 spiro atoms. The summed E-state index contributed by atoms with van der Waals surface area (Å²) in [6.07, 6.45) is 0. The second kappa shape index (κ2) is 8.63. The van der Waals surface area contributed by atoms with Gasteiger partial charge in [0, 0.05) is 19.1 Å². The lowest BCUT2D eigenvalue weighted by Gasteiger charge is -2.33. The minimum absolute atomic E-state index is 0.000159. The first-order valence-corrected chi connectivity index (χ1v) is 9.57. The third kappa shape index (κ3) is 4.20. The van der Waals surface area contributed by atoms with Gasteiger partial charge in [-0.2, -0.15) is 0 Å². The van der Waals surface area contributed by atoms with Crippen LogP contribution in [0.5, 0.6) is 0 Å². The van der Waals surface area contributed by atoms with Crippen molar-refractivity contribution in [3.05, 3.63) is 65.7 Å². The van der Waals surface area contributed by atoms with Crippen molar-refractivity contribution in [2.45, 2.75) is 46.4 Å². The van der Waals surface area contributed by atoms with Crippen LogP contribution in [0.4, 0.5) is 4.39 Å². The number of aryl methyl sites for hydroxylation is 1. The van der Waals surface area contributed by atoms with Gasteiger partial charge in [-0.1, -0.05) is 50.2 Å². The van der Waals surface area contributed by atoms with Gasteiger partial charge in [0.15, 0.2) is 5.82 Å². The van der Waals surface area contributed by atoms with Gasteiger partial charge >= 0.3 is 0 Å². The minimum Gasteiger partial charge on any atom is -0.395 e. The third-order valence-electron chi connectivity index (χ3n) is 5.12. The average Bonchev–Trinajstić information content (AvgIpc) is 3.01. The molecule has 144 valence electrons. The molecule has 5 heteroatoms. The smallest absolute Gasteiger partial charge is 0.151 e. The predicted molar refractivity (Wildman–Crippen MR) is 107 cm³/mol. The Labute approximate surface area is 160 Å². The Kier molecular flexibility index (Phi) is 6.24. The molecule has 0 aliphatic rings. The fourth-order valence-electron chi connectivity index (χ4n) is 3.67. The van der Waals surface area contributed by atoms with Crippen LogP contribution in [0.2, 0.25) is 0 Å². The number of halogens is 1. The lowest BCUT2D eigenvalue weighted by molar-refractivity contribution is 0.0755. The third-order valence-corrected chi connectivity index (χ3v) is 5.12. The van der Waals surface area contributed by atoms with Crippen molar-refractivity contribution in [1.29, 1.82) is 0 Å². The van der Waals surface area contributed by atoms with Crippen molar-refractivity contribution in [3.8, 4) is 0 Å². The standard InChI is InChI=1S/C22H28FN3O/c1-4-26-19-12-8-11-18(23)22(19)24-21(26)14-25(20(15-27)16(2)3)13-17-9-6-5-7-10-17/h5-12,16,20,27H,4,13-15H2,1-3H3. The Morgan fingerprint density at radius 3 is 2.44 bits per heavy atom.